The summed E-state index contributed by atoms with van der Waals surface area (Å²) in [4.78, 5) is 17.7. The number of hydrogen-bond acceptors (Lipinski definition) is 5. The zero-order valence-corrected chi connectivity index (χ0v) is 9.80. The van der Waals surface area contributed by atoms with Crippen LogP contribution in [0.3, 0.4) is 0 Å². The van der Waals surface area contributed by atoms with Crippen molar-refractivity contribution in [2.24, 2.45) is 0 Å². The highest BCUT2D eigenvalue weighted by molar-refractivity contribution is 5.90. The number of anilines is 1. The van der Waals surface area contributed by atoms with Gasteiger partial charge in [0.1, 0.15) is 5.82 Å². The predicted octanol–water partition coefficient (Wildman–Crippen LogP) is 0.829. The number of carbonyl (C=O) groups is 1. The highest BCUT2D eigenvalue weighted by Gasteiger charge is 2.25. The van der Waals surface area contributed by atoms with Gasteiger partial charge in [0.2, 0.25) is 0 Å². The largest absolute Gasteiger partial charge is 0.465 e. The van der Waals surface area contributed by atoms with Gasteiger partial charge >= 0.3 is 5.97 Å². The van der Waals surface area contributed by atoms with Crippen molar-refractivity contribution in [3.8, 4) is 0 Å². The molecule has 1 aliphatic heterocycles. The number of ether oxygens (including phenoxy) is 1. The van der Waals surface area contributed by atoms with Crippen molar-refractivity contribution in [3.63, 3.8) is 0 Å². The SMILES string of the molecule is COC(=O)c1ccnc(N2CCCC2CO)c1. The molecule has 0 saturated carbocycles. The van der Waals surface area contributed by atoms with Gasteiger partial charge in [-0.15, -0.1) is 0 Å². The lowest BCUT2D eigenvalue weighted by molar-refractivity contribution is 0.0600. The average Bonchev–Trinajstić information content (AvgIpc) is 2.86. The van der Waals surface area contributed by atoms with Crippen molar-refractivity contribution in [2.75, 3.05) is 25.2 Å². The Labute approximate surface area is 100 Å². The maximum Gasteiger partial charge on any atom is 0.338 e. The molecule has 5 nitrogen and oxygen atoms in total. The minimum Gasteiger partial charge on any atom is -0.465 e. The van der Waals surface area contributed by atoms with Gasteiger partial charge in [0.25, 0.3) is 0 Å². The number of pyridine rings is 1. The Morgan fingerprint density at radius 1 is 1.71 bits per heavy atom. The first-order valence-electron chi connectivity index (χ1n) is 5.68. The van der Waals surface area contributed by atoms with Gasteiger partial charge in [-0.25, -0.2) is 9.78 Å². The summed E-state index contributed by atoms with van der Waals surface area (Å²) in [5.74, 6) is 0.359. The number of aromatic nitrogens is 1. The van der Waals surface area contributed by atoms with Crippen molar-refractivity contribution in [1.29, 1.82) is 0 Å². The van der Waals surface area contributed by atoms with E-state index in [1.54, 1.807) is 18.3 Å². The van der Waals surface area contributed by atoms with E-state index in [1.165, 1.54) is 7.11 Å². The number of methoxy groups -OCH3 is 1. The molecular formula is C12H16N2O3. The van der Waals surface area contributed by atoms with E-state index in [0.717, 1.165) is 25.2 Å². The number of aliphatic hydroxyl groups excluding tert-OH is 1. The molecule has 1 unspecified atom stereocenters. The molecule has 1 atom stereocenters. The lowest BCUT2D eigenvalue weighted by Gasteiger charge is -2.24. The van der Waals surface area contributed by atoms with Crippen LogP contribution in [-0.2, 0) is 4.74 Å². The normalized spacial score (nSPS) is 19.4. The molecule has 17 heavy (non-hydrogen) atoms. The summed E-state index contributed by atoms with van der Waals surface area (Å²) in [5.41, 5.74) is 0.487. The number of carbonyl (C=O) groups excluding carboxylic acids is 1. The number of esters is 1. The Balaban J connectivity index is 2.23. The molecule has 92 valence electrons. The second kappa shape index (κ2) is 5.14. The topological polar surface area (TPSA) is 62.7 Å². The van der Waals surface area contributed by atoms with E-state index in [4.69, 9.17) is 0 Å². The molecule has 0 aliphatic carbocycles. The summed E-state index contributed by atoms with van der Waals surface area (Å²) in [6.45, 7) is 0.979. The van der Waals surface area contributed by atoms with Crippen LogP contribution in [0.15, 0.2) is 18.3 Å². The van der Waals surface area contributed by atoms with Crippen molar-refractivity contribution in [3.05, 3.63) is 23.9 Å². The van der Waals surface area contributed by atoms with E-state index in [2.05, 4.69) is 9.72 Å². The van der Waals surface area contributed by atoms with E-state index >= 15 is 0 Å². The maximum absolute atomic E-state index is 11.4. The molecule has 1 aliphatic rings. The Kier molecular flexibility index (Phi) is 3.58. The van der Waals surface area contributed by atoms with Gasteiger partial charge in [-0.3, -0.25) is 0 Å². The zero-order valence-electron chi connectivity index (χ0n) is 9.80. The van der Waals surface area contributed by atoms with Crippen molar-refractivity contribution >= 4 is 11.8 Å². The van der Waals surface area contributed by atoms with Crippen LogP contribution < -0.4 is 4.90 Å². The van der Waals surface area contributed by atoms with Gasteiger partial charge in [-0.1, -0.05) is 0 Å². The van der Waals surface area contributed by atoms with E-state index in [1.807, 2.05) is 4.90 Å². The van der Waals surface area contributed by atoms with Crippen LogP contribution in [0.2, 0.25) is 0 Å². The van der Waals surface area contributed by atoms with E-state index in [-0.39, 0.29) is 18.6 Å². The lowest BCUT2D eigenvalue weighted by Crippen LogP contribution is -2.32. The summed E-state index contributed by atoms with van der Waals surface area (Å²) >= 11 is 0. The number of nitrogens with zero attached hydrogens (tertiary/aromatic N) is 2. The molecule has 2 rings (SSSR count). The van der Waals surface area contributed by atoms with Gasteiger partial charge in [0.15, 0.2) is 0 Å². The second-order valence-corrected chi connectivity index (χ2v) is 4.07. The standard InChI is InChI=1S/C12H16N2O3/c1-17-12(16)9-4-5-13-11(7-9)14-6-2-3-10(14)8-15/h4-5,7,10,15H,2-3,6,8H2,1H3. The third-order valence-electron chi connectivity index (χ3n) is 3.05. The highest BCUT2D eigenvalue weighted by atomic mass is 16.5. The monoisotopic (exact) mass is 236 g/mol. The van der Waals surface area contributed by atoms with Crippen molar-refractivity contribution in [2.45, 2.75) is 18.9 Å². The average molecular weight is 236 g/mol. The molecule has 2 heterocycles. The highest BCUT2D eigenvalue weighted by Crippen LogP contribution is 2.24. The van der Waals surface area contributed by atoms with Crippen LogP contribution in [0.25, 0.3) is 0 Å². The minimum absolute atomic E-state index is 0.107. The molecule has 0 aromatic carbocycles. The number of aliphatic hydroxyl groups is 1. The van der Waals surface area contributed by atoms with Crippen LogP contribution in [0.4, 0.5) is 5.82 Å². The molecule has 1 saturated heterocycles. The third-order valence-corrected chi connectivity index (χ3v) is 3.05. The first kappa shape index (κ1) is 11.9. The summed E-state index contributed by atoms with van der Waals surface area (Å²) in [5, 5.41) is 9.26. The molecule has 1 aromatic rings. The molecule has 0 spiro atoms. The molecular weight excluding hydrogens is 220 g/mol. The van der Waals surface area contributed by atoms with Crippen LogP contribution >= 0.6 is 0 Å². The summed E-state index contributed by atoms with van der Waals surface area (Å²) < 4.78 is 4.67. The molecule has 1 aromatic heterocycles. The molecule has 0 bridgehead atoms. The Bertz CT molecular complexity index is 408. The summed E-state index contributed by atoms with van der Waals surface area (Å²) in [6, 6.07) is 3.44. The van der Waals surface area contributed by atoms with Gasteiger partial charge in [0.05, 0.1) is 25.3 Å². The fourth-order valence-electron chi connectivity index (χ4n) is 2.15. The summed E-state index contributed by atoms with van der Waals surface area (Å²) in [7, 11) is 1.36. The number of rotatable bonds is 3. The first-order valence-corrected chi connectivity index (χ1v) is 5.68. The molecule has 5 heteroatoms. The van der Waals surface area contributed by atoms with Gasteiger partial charge in [-0.05, 0) is 25.0 Å². The molecule has 0 amide bonds. The van der Waals surface area contributed by atoms with Crippen LogP contribution in [0.5, 0.6) is 0 Å². The van der Waals surface area contributed by atoms with Gasteiger partial charge in [0, 0.05) is 12.7 Å². The lowest BCUT2D eigenvalue weighted by atomic mass is 10.2. The maximum atomic E-state index is 11.4. The zero-order chi connectivity index (χ0) is 12.3. The van der Waals surface area contributed by atoms with Crippen molar-refractivity contribution in [1.82, 2.24) is 4.98 Å². The first-order chi connectivity index (χ1) is 8.26. The molecule has 0 radical (unpaired) electrons. The second-order valence-electron chi connectivity index (χ2n) is 4.07. The van der Waals surface area contributed by atoms with Gasteiger partial charge in [-0.2, -0.15) is 0 Å². The smallest absolute Gasteiger partial charge is 0.338 e. The van der Waals surface area contributed by atoms with Gasteiger partial charge < -0.3 is 14.7 Å². The quantitative estimate of drug-likeness (QED) is 0.787. The number of hydrogen-bond donors (Lipinski definition) is 1. The predicted molar refractivity (Wildman–Crippen MR) is 63.0 cm³/mol. The Morgan fingerprint density at radius 2 is 2.53 bits per heavy atom. The minimum atomic E-state index is -0.367. The van der Waals surface area contributed by atoms with Crippen molar-refractivity contribution < 1.29 is 14.6 Å². The third kappa shape index (κ3) is 2.39. The van der Waals surface area contributed by atoms with E-state index < -0.39 is 0 Å². The van der Waals surface area contributed by atoms with Crippen LogP contribution in [0, 0.1) is 0 Å². The van der Waals surface area contributed by atoms with E-state index in [9.17, 15) is 9.90 Å². The van der Waals surface area contributed by atoms with Crippen LogP contribution in [-0.4, -0.2) is 42.4 Å². The van der Waals surface area contributed by atoms with Crippen LogP contribution in [0.1, 0.15) is 23.2 Å². The Hall–Kier alpha value is -1.62. The molecule has 1 N–H and O–H groups in total. The van der Waals surface area contributed by atoms with E-state index in [0.29, 0.717) is 5.56 Å². The fraction of sp³-hybridized carbons (Fsp3) is 0.500. The molecule has 1 fully saturated rings. The Morgan fingerprint density at radius 3 is 3.24 bits per heavy atom. The summed E-state index contributed by atoms with van der Waals surface area (Å²) in [6.07, 6.45) is 3.59. The fourth-order valence-corrected chi connectivity index (χ4v) is 2.15.